The van der Waals surface area contributed by atoms with Crippen LogP contribution in [0.4, 0.5) is 4.79 Å². The van der Waals surface area contributed by atoms with E-state index in [9.17, 15) is 19.5 Å². The van der Waals surface area contributed by atoms with E-state index in [1.54, 1.807) is 0 Å². The second-order valence-electron chi connectivity index (χ2n) is 8.34. The number of carboxylic acids is 1. The number of aliphatic carboxylic acids is 1. The van der Waals surface area contributed by atoms with E-state index in [0.717, 1.165) is 22.3 Å². The van der Waals surface area contributed by atoms with Crippen LogP contribution in [0.2, 0.25) is 0 Å². The van der Waals surface area contributed by atoms with Crippen LogP contribution in [0, 0.1) is 0 Å². The van der Waals surface area contributed by atoms with E-state index < -0.39 is 36.2 Å². The summed E-state index contributed by atoms with van der Waals surface area (Å²) in [5, 5.41) is 14.6. The molecule has 1 heterocycles. The normalized spacial score (nSPS) is 19.7. The molecule has 9 heteroatoms. The number of carboxylic acid groups (broad SMARTS) is 1. The highest BCUT2D eigenvalue weighted by atomic mass is 32.2. The number of amides is 2. The Kier molecular flexibility index (Phi) is 7.74. The first-order valence-corrected chi connectivity index (χ1v) is 12.6. The number of benzene rings is 2. The SMILES string of the molecule is CSCC[C@H](NC(=O)[C@H]1OCC[C@H]1NC(=O)OCC1c2ccccc2-c2ccccc21)C(=O)O. The number of nitrogens with one attached hydrogen (secondary N) is 2. The molecule has 1 fully saturated rings. The highest BCUT2D eigenvalue weighted by Gasteiger charge is 2.37. The van der Waals surface area contributed by atoms with Gasteiger partial charge in [0, 0.05) is 12.5 Å². The van der Waals surface area contributed by atoms with E-state index in [1.807, 2.05) is 42.7 Å². The lowest BCUT2D eigenvalue weighted by Gasteiger charge is -2.22. The van der Waals surface area contributed by atoms with Crippen LogP contribution in [0.5, 0.6) is 0 Å². The number of alkyl carbamates (subject to hydrolysis) is 1. The van der Waals surface area contributed by atoms with Crippen LogP contribution in [-0.4, -0.2) is 66.5 Å². The maximum Gasteiger partial charge on any atom is 0.407 e. The van der Waals surface area contributed by atoms with Crippen LogP contribution in [0.1, 0.15) is 29.9 Å². The number of ether oxygens (including phenoxy) is 2. The van der Waals surface area contributed by atoms with Crippen LogP contribution in [0.3, 0.4) is 0 Å². The third-order valence-electron chi connectivity index (χ3n) is 6.22. The summed E-state index contributed by atoms with van der Waals surface area (Å²) in [5.41, 5.74) is 4.51. The van der Waals surface area contributed by atoms with Gasteiger partial charge in [-0.3, -0.25) is 4.79 Å². The highest BCUT2D eigenvalue weighted by molar-refractivity contribution is 7.98. The Hall–Kier alpha value is -3.04. The van der Waals surface area contributed by atoms with Crippen molar-refractivity contribution in [1.29, 1.82) is 0 Å². The molecule has 0 aromatic heterocycles. The quantitative estimate of drug-likeness (QED) is 0.501. The van der Waals surface area contributed by atoms with Crippen LogP contribution < -0.4 is 10.6 Å². The molecule has 0 saturated carbocycles. The first-order chi connectivity index (χ1) is 16.5. The molecular formula is C25H28N2O6S. The summed E-state index contributed by atoms with van der Waals surface area (Å²) in [6.45, 7) is 0.453. The molecule has 4 rings (SSSR count). The molecule has 2 aromatic rings. The van der Waals surface area contributed by atoms with E-state index in [1.165, 1.54) is 11.8 Å². The fourth-order valence-electron chi connectivity index (χ4n) is 4.53. The van der Waals surface area contributed by atoms with Crippen molar-refractivity contribution in [3.63, 3.8) is 0 Å². The molecular weight excluding hydrogens is 456 g/mol. The van der Waals surface area contributed by atoms with Gasteiger partial charge in [-0.1, -0.05) is 48.5 Å². The van der Waals surface area contributed by atoms with Crippen molar-refractivity contribution in [1.82, 2.24) is 10.6 Å². The lowest BCUT2D eigenvalue weighted by molar-refractivity contribution is -0.143. The van der Waals surface area contributed by atoms with Gasteiger partial charge in [-0.25, -0.2) is 9.59 Å². The molecule has 0 bridgehead atoms. The average Bonchev–Trinajstić information content (AvgIpc) is 3.42. The highest BCUT2D eigenvalue weighted by Crippen LogP contribution is 2.44. The van der Waals surface area contributed by atoms with E-state index in [4.69, 9.17) is 9.47 Å². The maximum atomic E-state index is 12.7. The number of rotatable bonds is 9. The Bertz CT molecular complexity index is 1020. The van der Waals surface area contributed by atoms with E-state index in [-0.39, 0.29) is 19.1 Å². The number of fused-ring (bicyclic) bond motifs is 3. The van der Waals surface area contributed by atoms with Crippen molar-refractivity contribution in [2.24, 2.45) is 0 Å². The molecule has 2 aromatic carbocycles. The smallest absolute Gasteiger partial charge is 0.407 e. The lowest BCUT2D eigenvalue weighted by Crippen LogP contribution is -2.52. The number of carbonyl (C=O) groups is 3. The number of carbonyl (C=O) groups excluding carboxylic acids is 2. The minimum absolute atomic E-state index is 0.0650. The molecule has 8 nitrogen and oxygen atoms in total. The van der Waals surface area contributed by atoms with Crippen molar-refractivity contribution < 1.29 is 29.0 Å². The van der Waals surface area contributed by atoms with Crippen molar-refractivity contribution >= 4 is 29.7 Å². The van der Waals surface area contributed by atoms with Crippen molar-refractivity contribution in [3.05, 3.63) is 59.7 Å². The predicted octanol–water partition coefficient (Wildman–Crippen LogP) is 3.01. The Morgan fingerprint density at radius 3 is 2.38 bits per heavy atom. The first kappa shape index (κ1) is 24.1. The fourth-order valence-corrected chi connectivity index (χ4v) is 5.01. The fraction of sp³-hybridized carbons (Fsp3) is 0.400. The van der Waals surface area contributed by atoms with Crippen LogP contribution >= 0.6 is 11.8 Å². The molecule has 3 N–H and O–H groups in total. The second kappa shape index (κ2) is 10.9. The molecule has 0 spiro atoms. The van der Waals surface area contributed by atoms with Crippen LogP contribution in [0.25, 0.3) is 11.1 Å². The number of hydrogen-bond acceptors (Lipinski definition) is 6. The molecule has 2 amide bonds. The zero-order valence-electron chi connectivity index (χ0n) is 18.9. The standard InChI is InChI=1S/C25H28N2O6S/c1-34-13-11-21(24(29)30)26-23(28)22-20(10-12-32-22)27-25(31)33-14-19-17-8-4-2-6-15(17)16-7-3-5-9-18(16)19/h2-9,19-22H,10-14H2,1H3,(H,26,28)(H,27,31)(H,29,30)/t20-,21+,22+/m1/s1. The van der Waals surface area contributed by atoms with Gasteiger partial charge in [0.05, 0.1) is 6.04 Å². The summed E-state index contributed by atoms with van der Waals surface area (Å²) < 4.78 is 11.1. The number of thioether (sulfide) groups is 1. The van der Waals surface area contributed by atoms with Crippen molar-refractivity contribution in [3.8, 4) is 11.1 Å². The lowest BCUT2D eigenvalue weighted by atomic mass is 9.98. The summed E-state index contributed by atoms with van der Waals surface area (Å²) in [6.07, 6.45) is 1.02. The minimum Gasteiger partial charge on any atom is -0.480 e. The number of hydrogen-bond donors (Lipinski definition) is 3. The monoisotopic (exact) mass is 484 g/mol. The molecule has 0 radical (unpaired) electrons. The van der Waals surface area contributed by atoms with Gasteiger partial charge in [-0.15, -0.1) is 0 Å². The molecule has 0 unspecified atom stereocenters. The Labute approximate surface area is 202 Å². The van der Waals surface area contributed by atoms with Crippen LogP contribution in [-0.2, 0) is 19.1 Å². The van der Waals surface area contributed by atoms with E-state index >= 15 is 0 Å². The third kappa shape index (κ3) is 5.20. The van der Waals surface area contributed by atoms with Crippen molar-refractivity contribution in [2.45, 2.75) is 36.9 Å². The largest absolute Gasteiger partial charge is 0.480 e. The Morgan fingerprint density at radius 2 is 1.76 bits per heavy atom. The van der Waals surface area contributed by atoms with Gasteiger partial charge in [0.25, 0.3) is 5.91 Å². The molecule has 180 valence electrons. The molecule has 2 aliphatic rings. The molecule has 1 aliphatic heterocycles. The van der Waals surface area contributed by atoms with Gasteiger partial charge >= 0.3 is 12.1 Å². The summed E-state index contributed by atoms with van der Waals surface area (Å²) in [5.74, 6) is -1.11. The summed E-state index contributed by atoms with van der Waals surface area (Å²) >= 11 is 1.50. The summed E-state index contributed by atoms with van der Waals surface area (Å²) in [7, 11) is 0. The Balaban J connectivity index is 1.35. The second-order valence-corrected chi connectivity index (χ2v) is 9.32. The molecule has 34 heavy (non-hydrogen) atoms. The van der Waals surface area contributed by atoms with Crippen LogP contribution in [0.15, 0.2) is 48.5 Å². The van der Waals surface area contributed by atoms with E-state index in [0.29, 0.717) is 18.6 Å². The molecule has 3 atom stereocenters. The third-order valence-corrected chi connectivity index (χ3v) is 6.87. The van der Waals surface area contributed by atoms with Gasteiger partial charge in [0.15, 0.2) is 6.10 Å². The van der Waals surface area contributed by atoms with E-state index in [2.05, 4.69) is 22.8 Å². The first-order valence-electron chi connectivity index (χ1n) is 11.2. The maximum absolute atomic E-state index is 12.7. The van der Waals surface area contributed by atoms with Gasteiger partial charge in [0.2, 0.25) is 0 Å². The van der Waals surface area contributed by atoms with Gasteiger partial charge in [-0.2, -0.15) is 11.8 Å². The zero-order chi connectivity index (χ0) is 24.1. The summed E-state index contributed by atoms with van der Waals surface area (Å²) in [6, 6.07) is 14.6. The van der Waals surface area contributed by atoms with Gasteiger partial charge in [0.1, 0.15) is 12.6 Å². The topological polar surface area (TPSA) is 114 Å². The van der Waals surface area contributed by atoms with Gasteiger partial charge in [-0.05, 0) is 47.1 Å². The predicted molar refractivity (Wildman–Crippen MR) is 129 cm³/mol. The Morgan fingerprint density at radius 1 is 1.12 bits per heavy atom. The van der Waals surface area contributed by atoms with Gasteiger partial charge < -0.3 is 25.2 Å². The van der Waals surface area contributed by atoms with Crippen molar-refractivity contribution in [2.75, 3.05) is 25.2 Å². The molecule has 1 aliphatic carbocycles. The summed E-state index contributed by atoms with van der Waals surface area (Å²) in [4.78, 5) is 36.7. The minimum atomic E-state index is -1.10. The average molecular weight is 485 g/mol. The zero-order valence-corrected chi connectivity index (χ0v) is 19.7. The molecule has 1 saturated heterocycles.